The van der Waals surface area contributed by atoms with E-state index in [1.54, 1.807) is 0 Å². The van der Waals surface area contributed by atoms with Crippen molar-refractivity contribution in [2.24, 2.45) is 40.4 Å². The van der Waals surface area contributed by atoms with E-state index in [4.69, 9.17) is 9.47 Å². The summed E-state index contributed by atoms with van der Waals surface area (Å²) in [6.45, 7) is 18.2. The molecule has 0 radical (unpaired) electrons. The Balaban J connectivity index is 1.71. The van der Waals surface area contributed by atoms with Gasteiger partial charge in [0, 0.05) is 5.92 Å². The zero-order valence-corrected chi connectivity index (χ0v) is 21.9. The third-order valence-corrected chi connectivity index (χ3v) is 10.5. The smallest absolute Gasteiger partial charge is 0.130 e. The molecule has 4 rings (SSSR count). The van der Waals surface area contributed by atoms with Gasteiger partial charge in [-0.25, -0.2) is 0 Å². The predicted molar refractivity (Wildman–Crippen MR) is 130 cm³/mol. The van der Waals surface area contributed by atoms with Crippen LogP contribution in [0.25, 0.3) is 0 Å². The van der Waals surface area contributed by atoms with Crippen LogP contribution in [0.3, 0.4) is 0 Å². The van der Waals surface area contributed by atoms with Crippen LogP contribution in [-0.2, 0) is 14.3 Å². The molecule has 4 aliphatic carbocycles. The number of rotatable bonds is 6. The lowest BCUT2D eigenvalue weighted by molar-refractivity contribution is -0.182. The summed E-state index contributed by atoms with van der Waals surface area (Å²) in [5, 5.41) is 0. The molecule has 182 valence electrons. The standard InChI is InChI=1S/C29H48O3/c1-9-29(32-19(4)5)15-11-22-26-20(6)16-24-21(7)25(31-18(2)3)12-14-28(24,17-30)23(26)10-13-27(22,29)8/h16-23,25-26H,9-15H2,1-8H3/t20?,21?,22-,23+,25?,26-,27-,28-,29?/m0/s1. The topological polar surface area (TPSA) is 35.5 Å². The second kappa shape index (κ2) is 8.52. The van der Waals surface area contributed by atoms with E-state index >= 15 is 0 Å². The largest absolute Gasteiger partial charge is 0.375 e. The molecule has 0 aromatic carbocycles. The molecule has 4 aliphatic rings. The minimum atomic E-state index is -0.273. The van der Waals surface area contributed by atoms with Gasteiger partial charge in [0.1, 0.15) is 6.29 Å². The highest BCUT2D eigenvalue weighted by Gasteiger charge is 2.66. The van der Waals surface area contributed by atoms with Gasteiger partial charge in [0.25, 0.3) is 0 Å². The van der Waals surface area contributed by atoms with Crippen molar-refractivity contribution in [3.63, 3.8) is 0 Å². The second-order valence-electron chi connectivity index (χ2n) is 12.5. The lowest BCUT2D eigenvalue weighted by atomic mass is 9.44. The van der Waals surface area contributed by atoms with Gasteiger partial charge in [0.15, 0.2) is 0 Å². The summed E-state index contributed by atoms with van der Waals surface area (Å²) in [4.78, 5) is 12.9. The highest BCUT2D eigenvalue weighted by atomic mass is 16.5. The summed E-state index contributed by atoms with van der Waals surface area (Å²) in [5.74, 6) is 2.55. The van der Waals surface area contributed by atoms with Crippen molar-refractivity contribution < 1.29 is 14.3 Å². The quantitative estimate of drug-likeness (QED) is 0.327. The summed E-state index contributed by atoms with van der Waals surface area (Å²) < 4.78 is 13.1. The molecule has 0 heterocycles. The Morgan fingerprint density at radius 1 is 1.03 bits per heavy atom. The van der Waals surface area contributed by atoms with Crippen LogP contribution >= 0.6 is 0 Å². The predicted octanol–water partition coefficient (Wildman–Crippen LogP) is 6.99. The zero-order chi connectivity index (χ0) is 23.5. The van der Waals surface area contributed by atoms with Crippen molar-refractivity contribution in [2.75, 3.05) is 0 Å². The molecule has 0 bridgehead atoms. The molecule has 0 N–H and O–H groups in total. The van der Waals surface area contributed by atoms with Gasteiger partial charge >= 0.3 is 0 Å². The Kier molecular flexibility index (Phi) is 6.51. The number of carbonyl (C=O) groups is 1. The van der Waals surface area contributed by atoms with Crippen molar-refractivity contribution in [3.05, 3.63) is 11.6 Å². The van der Waals surface area contributed by atoms with E-state index in [2.05, 4.69) is 61.5 Å². The van der Waals surface area contributed by atoms with Crippen LogP contribution in [0.4, 0.5) is 0 Å². The lowest BCUT2D eigenvalue weighted by Gasteiger charge is -2.61. The molecule has 0 aliphatic heterocycles. The summed E-state index contributed by atoms with van der Waals surface area (Å²) in [5.41, 5.74) is 1.33. The van der Waals surface area contributed by atoms with Gasteiger partial charge in [-0.15, -0.1) is 0 Å². The van der Waals surface area contributed by atoms with Crippen LogP contribution in [0.1, 0.15) is 100 Å². The van der Waals surface area contributed by atoms with Crippen molar-refractivity contribution in [3.8, 4) is 0 Å². The van der Waals surface area contributed by atoms with Gasteiger partial charge in [0.05, 0.1) is 29.3 Å². The van der Waals surface area contributed by atoms with Crippen LogP contribution < -0.4 is 0 Å². The third kappa shape index (κ3) is 3.39. The number of allylic oxidation sites excluding steroid dienone is 1. The first-order valence-corrected chi connectivity index (χ1v) is 13.6. The fourth-order valence-electron chi connectivity index (χ4n) is 9.18. The molecular weight excluding hydrogens is 396 g/mol. The fraction of sp³-hybridized carbons (Fsp3) is 0.897. The summed E-state index contributed by atoms with van der Waals surface area (Å²) in [6, 6.07) is 0. The molecule has 0 spiro atoms. The Labute approximate surface area is 197 Å². The number of hydrogen-bond acceptors (Lipinski definition) is 3. The fourth-order valence-corrected chi connectivity index (χ4v) is 9.18. The van der Waals surface area contributed by atoms with E-state index in [-0.39, 0.29) is 34.7 Å². The maximum Gasteiger partial charge on any atom is 0.130 e. The number of aldehydes is 1. The number of fused-ring (bicyclic) bond motifs is 5. The Bertz CT molecular complexity index is 741. The molecule has 3 heteroatoms. The summed E-state index contributed by atoms with van der Waals surface area (Å²) in [7, 11) is 0. The SMILES string of the molecule is CCC1(OC(C)C)CC[C@H]2[C@@H]3C(C)C=C4C(C)C(OC(C)C)CC[C@]4(C=O)[C@@H]3CC[C@@]21C. The molecule has 0 aromatic heterocycles. The van der Waals surface area contributed by atoms with Crippen molar-refractivity contribution >= 4 is 6.29 Å². The molecule has 0 saturated heterocycles. The average Bonchev–Trinajstić information content (AvgIpc) is 3.02. The highest BCUT2D eigenvalue weighted by molar-refractivity contribution is 5.68. The Hall–Kier alpha value is -0.670. The molecule has 0 aromatic rings. The summed E-state index contributed by atoms with van der Waals surface area (Å²) >= 11 is 0. The van der Waals surface area contributed by atoms with Crippen LogP contribution in [0, 0.1) is 40.4 Å². The van der Waals surface area contributed by atoms with Gasteiger partial charge in [-0.05, 0) is 102 Å². The third-order valence-electron chi connectivity index (χ3n) is 10.5. The molecule has 3 fully saturated rings. The van der Waals surface area contributed by atoms with E-state index in [0.29, 0.717) is 29.6 Å². The molecular formula is C29H48O3. The van der Waals surface area contributed by atoms with Crippen molar-refractivity contribution in [2.45, 2.75) is 124 Å². The molecule has 32 heavy (non-hydrogen) atoms. The maximum atomic E-state index is 12.9. The van der Waals surface area contributed by atoms with E-state index < -0.39 is 0 Å². The van der Waals surface area contributed by atoms with Gasteiger partial charge < -0.3 is 14.3 Å². The first-order chi connectivity index (χ1) is 15.0. The first-order valence-electron chi connectivity index (χ1n) is 13.6. The lowest BCUT2D eigenvalue weighted by Crippen LogP contribution is -2.59. The number of ether oxygens (including phenoxy) is 2. The molecule has 3 nitrogen and oxygen atoms in total. The van der Waals surface area contributed by atoms with E-state index in [1.165, 1.54) is 31.1 Å². The molecule has 4 unspecified atom stereocenters. The summed E-state index contributed by atoms with van der Waals surface area (Å²) in [6.07, 6.45) is 12.5. The van der Waals surface area contributed by atoms with E-state index in [9.17, 15) is 4.79 Å². The molecule has 9 atom stereocenters. The Morgan fingerprint density at radius 3 is 2.31 bits per heavy atom. The minimum Gasteiger partial charge on any atom is -0.375 e. The molecule has 0 amide bonds. The first kappa shape index (κ1) is 24.5. The normalized spacial score (nSPS) is 48.2. The monoisotopic (exact) mass is 444 g/mol. The van der Waals surface area contributed by atoms with E-state index in [1.807, 2.05) is 0 Å². The van der Waals surface area contributed by atoms with Crippen LogP contribution in [0.5, 0.6) is 0 Å². The maximum absolute atomic E-state index is 12.9. The second-order valence-corrected chi connectivity index (χ2v) is 12.5. The van der Waals surface area contributed by atoms with Crippen molar-refractivity contribution in [1.29, 1.82) is 0 Å². The average molecular weight is 445 g/mol. The van der Waals surface area contributed by atoms with Crippen LogP contribution in [-0.4, -0.2) is 30.2 Å². The van der Waals surface area contributed by atoms with E-state index in [0.717, 1.165) is 25.7 Å². The minimum absolute atomic E-state index is 0.00901. The highest BCUT2D eigenvalue weighted by Crippen LogP contribution is 2.69. The van der Waals surface area contributed by atoms with Gasteiger partial charge in [-0.2, -0.15) is 0 Å². The number of carbonyl (C=O) groups excluding carboxylic acids is 1. The van der Waals surface area contributed by atoms with Crippen LogP contribution in [0.15, 0.2) is 11.6 Å². The van der Waals surface area contributed by atoms with Gasteiger partial charge in [-0.1, -0.05) is 39.3 Å². The Morgan fingerprint density at radius 2 is 1.72 bits per heavy atom. The molecule has 3 saturated carbocycles. The number of hydrogen-bond donors (Lipinski definition) is 0. The zero-order valence-electron chi connectivity index (χ0n) is 21.9. The van der Waals surface area contributed by atoms with Gasteiger partial charge in [0.2, 0.25) is 0 Å². The van der Waals surface area contributed by atoms with Crippen molar-refractivity contribution in [1.82, 2.24) is 0 Å². The van der Waals surface area contributed by atoms with Gasteiger partial charge in [-0.3, -0.25) is 0 Å². The van der Waals surface area contributed by atoms with Crippen LogP contribution in [0.2, 0.25) is 0 Å².